The number of hydrogen-bond acceptors (Lipinski definition) is 3. The maximum Gasteiger partial charge on any atom is 0.237 e. The van der Waals surface area contributed by atoms with Gasteiger partial charge >= 0.3 is 0 Å². The van der Waals surface area contributed by atoms with E-state index in [4.69, 9.17) is 4.74 Å². The molecule has 0 spiro atoms. The van der Waals surface area contributed by atoms with Crippen LogP contribution in [-0.4, -0.2) is 18.9 Å². The van der Waals surface area contributed by atoms with Gasteiger partial charge in [-0.3, -0.25) is 14.5 Å². The highest BCUT2D eigenvalue weighted by Gasteiger charge is 2.50. The Morgan fingerprint density at radius 3 is 2.24 bits per heavy atom. The minimum absolute atomic E-state index is 0.0494. The number of benzene rings is 2. The lowest BCUT2D eigenvalue weighted by Crippen LogP contribution is -2.30. The summed E-state index contributed by atoms with van der Waals surface area (Å²) in [6.45, 7) is 0. The van der Waals surface area contributed by atoms with E-state index >= 15 is 0 Å². The normalized spacial score (nSPS) is 25.8. The van der Waals surface area contributed by atoms with Gasteiger partial charge < -0.3 is 4.74 Å². The molecule has 1 aliphatic heterocycles. The Balaban J connectivity index is 1.58. The average Bonchev–Trinajstić information content (AvgIpc) is 2.93. The summed E-state index contributed by atoms with van der Waals surface area (Å²) in [5, 5.41) is 0. The van der Waals surface area contributed by atoms with E-state index in [2.05, 4.69) is 12.1 Å². The standard InChI is InChI=1S/C21H21NO3/c1-25-17-10-8-16(9-11-17)22-20(23)18-12-7-15(13-19(18)21(22)24)14-5-3-2-4-6-14/h2-6,8-11,15,18-19H,7,12-13H2,1H3. The van der Waals surface area contributed by atoms with Gasteiger partial charge in [-0.05, 0) is 55.0 Å². The highest BCUT2D eigenvalue weighted by Crippen LogP contribution is 2.45. The summed E-state index contributed by atoms with van der Waals surface area (Å²) in [6.07, 6.45) is 2.49. The van der Waals surface area contributed by atoms with E-state index in [1.165, 1.54) is 10.5 Å². The molecule has 0 bridgehead atoms. The molecule has 4 nitrogen and oxygen atoms in total. The number of carbonyl (C=O) groups excluding carboxylic acids is 2. The number of amides is 2. The van der Waals surface area contributed by atoms with Crippen LogP contribution in [0.1, 0.15) is 30.7 Å². The Kier molecular flexibility index (Phi) is 4.04. The van der Waals surface area contributed by atoms with Crippen LogP contribution in [0.5, 0.6) is 5.75 Å². The molecule has 4 rings (SSSR count). The van der Waals surface area contributed by atoms with Gasteiger partial charge in [-0.25, -0.2) is 0 Å². The molecule has 1 heterocycles. The summed E-state index contributed by atoms with van der Waals surface area (Å²) in [5.41, 5.74) is 1.91. The van der Waals surface area contributed by atoms with E-state index in [-0.39, 0.29) is 23.7 Å². The van der Waals surface area contributed by atoms with Crippen molar-refractivity contribution in [3.63, 3.8) is 0 Å². The van der Waals surface area contributed by atoms with Crippen LogP contribution >= 0.6 is 0 Å². The van der Waals surface area contributed by atoms with Crippen molar-refractivity contribution < 1.29 is 14.3 Å². The van der Waals surface area contributed by atoms with E-state index in [1.54, 1.807) is 31.4 Å². The zero-order chi connectivity index (χ0) is 17.4. The second-order valence-electron chi connectivity index (χ2n) is 6.84. The molecule has 2 amide bonds. The third-order valence-corrected chi connectivity index (χ3v) is 5.53. The van der Waals surface area contributed by atoms with Gasteiger partial charge in [0.05, 0.1) is 24.6 Å². The smallest absolute Gasteiger partial charge is 0.237 e. The maximum atomic E-state index is 13.0. The number of methoxy groups -OCH3 is 1. The van der Waals surface area contributed by atoms with Gasteiger partial charge in [0.2, 0.25) is 11.8 Å². The van der Waals surface area contributed by atoms with Crippen molar-refractivity contribution in [1.29, 1.82) is 0 Å². The topological polar surface area (TPSA) is 46.6 Å². The molecule has 128 valence electrons. The van der Waals surface area contributed by atoms with Gasteiger partial charge in [0, 0.05) is 0 Å². The average molecular weight is 335 g/mol. The minimum atomic E-state index is -0.200. The number of hydrogen-bond donors (Lipinski definition) is 0. The van der Waals surface area contributed by atoms with Crippen molar-refractivity contribution in [2.75, 3.05) is 12.0 Å². The van der Waals surface area contributed by atoms with Gasteiger partial charge in [-0.2, -0.15) is 0 Å². The molecule has 0 N–H and O–H groups in total. The zero-order valence-electron chi connectivity index (χ0n) is 14.2. The Hall–Kier alpha value is -2.62. The molecule has 2 aromatic carbocycles. The van der Waals surface area contributed by atoms with Crippen molar-refractivity contribution in [3.8, 4) is 5.75 Å². The molecular formula is C21H21NO3. The second-order valence-corrected chi connectivity index (χ2v) is 6.84. The number of fused-ring (bicyclic) bond motifs is 1. The highest BCUT2D eigenvalue weighted by molar-refractivity contribution is 6.22. The number of anilines is 1. The first-order valence-corrected chi connectivity index (χ1v) is 8.76. The first-order valence-electron chi connectivity index (χ1n) is 8.76. The third-order valence-electron chi connectivity index (χ3n) is 5.53. The Morgan fingerprint density at radius 1 is 0.880 bits per heavy atom. The third kappa shape index (κ3) is 2.72. The number of imide groups is 1. The molecule has 1 saturated carbocycles. The molecule has 3 atom stereocenters. The molecule has 1 saturated heterocycles. The van der Waals surface area contributed by atoms with E-state index in [9.17, 15) is 9.59 Å². The summed E-state index contributed by atoms with van der Waals surface area (Å²) in [6, 6.07) is 17.4. The van der Waals surface area contributed by atoms with Crippen LogP contribution in [0.3, 0.4) is 0 Å². The van der Waals surface area contributed by atoms with Crippen LogP contribution in [0.2, 0.25) is 0 Å². The maximum absolute atomic E-state index is 13.0. The summed E-state index contributed by atoms with van der Waals surface area (Å²) in [7, 11) is 1.60. The SMILES string of the molecule is COc1ccc(N2C(=O)C3CCC(c4ccccc4)CC3C2=O)cc1. The summed E-state index contributed by atoms with van der Waals surface area (Å²) >= 11 is 0. The predicted molar refractivity (Wildman–Crippen MR) is 95.5 cm³/mol. The fraction of sp³-hybridized carbons (Fsp3) is 0.333. The molecule has 25 heavy (non-hydrogen) atoms. The summed E-state index contributed by atoms with van der Waals surface area (Å²) < 4.78 is 5.15. The van der Waals surface area contributed by atoms with E-state index in [1.807, 2.05) is 18.2 Å². The van der Waals surface area contributed by atoms with Crippen molar-refractivity contribution in [2.45, 2.75) is 25.2 Å². The molecule has 3 unspecified atom stereocenters. The zero-order valence-corrected chi connectivity index (χ0v) is 14.2. The Labute approximate surface area is 147 Å². The minimum Gasteiger partial charge on any atom is -0.497 e. The molecule has 2 fully saturated rings. The lowest BCUT2D eigenvalue weighted by Gasteiger charge is -2.28. The molecule has 1 aliphatic carbocycles. The fourth-order valence-electron chi connectivity index (χ4n) is 4.19. The first-order chi connectivity index (χ1) is 12.2. The van der Waals surface area contributed by atoms with Crippen LogP contribution < -0.4 is 9.64 Å². The van der Waals surface area contributed by atoms with Gasteiger partial charge in [0.1, 0.15) is 5.75 Å². The molecule has 2 aromatic rings. The van der Waals surface area contributed by atoms with Crippen LogP contribution in [-0.2, 0) is 9.59 Å². The van der Waals surface area contributed by atoms with Crippen molar-refractivity contribution in [1.82, 2.24) is 0 Å². The summed E-state index contributed by atoms with van der Waals surface area (Å²) in [4.78, 5) is 27.2. The largest absolute Gasteiger partial charge is 0.497 e. The van der Waals surface area contributed by atoms with Crippen LogP contribution in [0.25, 0.3) is 0 Å². The lowest BCUT2D eigenvalue weighted by atomic mass is 9.73. The van der Waals surface area contributed by atoms with E-state index in [0.717, 1.165) is 19.3 Å². The van der Waals surface area contributed by atoms with Gasteiger partial charge in [0.25, 0.3) is 0 Å². The van der Waals surface area contributed by atoms with Crippen molar-refractivity contribution in [2.24, 2.45) is 11.8 Å². The molecule has 0 aromatic heterocycles. The first kappa shape index (κ1) is 15.9. The molecular weight excluding hydrogens is 314 g/mol. The number of rotatable bonds is 3. The van der Waals surface area contributed by atoms with Crippen LogP contribution in [0.15, 0.2) is 54.6 Å². The van der Waals surface area contributed by atoms with Crippen molar-refractivity contribution >= 4 is 17.5 Å². The molecule has 0 radical (unpaired) electrons. The molecule has 4 heteroatoms. The monoisotopic (exact) mass is 335 g/mol. The van der Waals surface area contributed by atoms with Gasteiger partial charge in [-0.15, -0.1) is 0 Å². The second kappa shape index (κ2) is 6.36. The molecule has 2 aliphatic rings. The van der Waals surface area contributed by atoms with E-state index < -0.39 is 0 Å². The number of nitrogens with zero attached hydrogens (tertiary/aromatic N) is 1. The lowest BCUT2D eigenvalue weighted by molar-refractivity contribution is -0.122. The Bertz CT molecular complexity index is 785. The van der Waals surface area contributed by atoms with Crippen molar-refractivity contribution in [3.05, 3.63) is 60.2 Å². The van der Waals surface area contributed by atoms with Crippen LogP contribution in [0.4, 0.5) is 5.69 Å². The summed E-state index contributed by atoms with van der Waals surface area (Å²) in [5.74, 6) is 0.593. The van der Waals surface area contributed by atoms with Crippen LogP contribution in [0, 0.1) is 11.8 Å². The van der Waals surface area contributed by atoms with Gasteiger partial charge in [-0.1, -0.05) is 30.3 Å². The van der Waals surface area contributed by atoms with Gasteiger partial charge in [0.15, 0.2) is 0 Å². The predicted octanol–water partition coefficient (Wildman–Crippen LogP) is 3.77. The Morgan fingerprint density at radius 2 is 1.56 bits per heavy atom. The number of carbonyl (C=O) groups is 2. The fourth-order valence-corrected chi connectivity index (χ4v) is 4.19. The highest BCUT2D eigenvalue weighted by atomic mass is 16.5. The van der Waals surface area contributed by atoms with E-state index in [0.29, 0.717) is 17.4 Å². The number of ether oxygens (including phenoxy) is 1. The quantitative estimate of drug-likeness (QED) is 0.802.